The molecule has 43 heavy (non-hydrogen) atoms. The fraction of sp³-hybridized carbons (Fsp3) is 0.500. The van der Waals surface area contributed by atoms with Crippen LogP contribution in [0.5, 0.6) is 0 Å². The number of aromatic amines is 1. The van der Waals surface area contributed by atoms with Crippen LogP contribution in [0.1, 0.15) is 70.0 Å². The summed E-state index contributed by atoms with van der Waals surface area (Å²) >= 11 is 0. The zero-order valence-corrected chi connectivity index (χ0v) is 23.4. The van der Waals surface area contributed by atoms with Gasteiger partial charge in [-0.15, -0.1) is 10.2 Å². The number of hydrogen-bond acceptors (Lipinski definition) is 7. The number of aliphatic hydroxyl groups excluding tert-OH is 1. The van der Waals surface area contributed by atoms with E-state index < -0.39 is 76.4 Å². The van der Waals surface area contributed by atoms with E-state index in [9.17, 15) is 46.1 Å². The molecule has 0 aliphatic carbocycles. The molecule has 0 saturated heterocycles. The fourth-order valence-electron chi connectivity index (χ4n) is 4.46. The third-order valence-corrected chi connectivity index (χ3v) is 6.43. The number of carbonyl (C=O) groups is 2. The van der Waals surface area contributed by atoms with E-state index in [1.165, 1.54) is 12.3 Å². The van der Waals surface area contributed by atoms with Crippen LogP contribution in [0.25, 0.3) is 11.5 Å². The van der Waals surface area contributed by atoms with Gasteiger partial charge < -0.3 is 19.9 Å². The van der Waals surface area contributed by atoms with Crippen LogP contribution >= 0.6 is 0 Å². The smallest absolute Gasteiger partial charge is 0.416 e. The van der Waals surface area contributed by atoms with Crippen molar-refractivity contribution in [2.24, 2.45) is 5.41 Å². The van der Waals surface area contributed by atoms with Crippen LogP contribution in [-0.4, -0.2) is 59.7 Å². The predicted octanol–water partition coefficient (Wildman–Crippen LogP) is 6.12. The van der Waals surface area contributed by atoms with E-state index in [2.05, 4.69) is 25.7 Å². The Morgan fingerprint density at radius 2 is 1.65 bits per heavy atom. The van der Waals surface area contributed by atoms with Crippen LogP contribution < -0.4 is 5.32 Å². The number of rotatable bonds is 10. The molecule has 0 bridgehead atoms. The number of aromatic nitrogens is 4. The van der Waals surface area contributed by atoms with Crippen molar-refractivity contribution in [3.63, 3.8) is 0 Å². The molecule has 11 nitrogen and oxygen atoms in total. The minimum Gasteiger partial charge on any atom is -0.465 e. The quantitative estimate of drug-likeness (QED) is 0.197. The van der Waals surface area contributed by atoms with Gasteiger partial charge in [0.25, 0.3) is 5.91 Å². The van der Waals surface area contributed by atoms with Crippen molar-refractivity contribution in [2.75, 3.05) is 5.32 Å². The number of nitrogens with one attached hydrogen (secondary N) is 2. The molecule has 0 saturated carbocycles. The van der Waals surface area contributed by atoms with Crippen molar-refractivity contribution < 1.29 is 50.6 Å². The topological polar surface area (TPSA) is 157 Å². The largest absolute Gasteiger partial charge is 0.465 e. The molecule has 0 fully saturated rings. The first-order valence-electron chi connectivity index (χ1n) is 13.0. The standard InChI is InChI=1S/C26H30F6N6O5/c1-5-6-7-16(18(39)20(40)34-17-8-9-33-35-17)38(23(41)42)19(24(2,3)4)22-37-36-21(43-22)13-10-14(25(27,28)29)12-15(11-13)26(30,31)32/h8-12,16,18-19,39H,5-7H2,1-4H3,(H,41,42)(H2,33,34,35,40)/t16-,18-,19?/m0/s1. The minimum atomic E-state index is -5.13. The van der Waals surface area contributed by atoms with Gasteiger partial charge >= 0.3 is 18.4 Å². The van der Waals surface area contributed by atoms with Crippen LogP contribution in [0.15, 0.2) is 34.9 Å². The van der Waals surface area contributed by atoms with Crippen LogP contribution in [0, 0.1) is 5.41 Å². The monoisotopic (exact) mass is 620 g/mol. The highest BCUT2D eigenvalue weighted by Crippen LogP contribution is 2.42. The van der Waals surface area contributed by atoms with Crippen LogP contribution in [0.2, 0.25) is 0 Å². The maximum Gasteiger partial charge on any atom is 0.416 e. The summed E-state index contributed by atoms with van der Waals surface area (Å²) in [6.07, 6.45) is -11.5. The Morgan fingerprint density at radius 1 is 1.05 bits per heavy atom. The molecular weight excluding hydrogens is 590 g/mol. The summed E-state index contributed by atoms with van der Waals surface area (Å²) in [5, 5.41) is 37.4. The molecule has 0 spiro atoms. The molecule has 4 N–H and O–H groups in total. The van der Waals surface area contributed by atoms with Gasteiger partial charge in [0.1, 0.15) is 11.9 Å². The van der Waals surface area contributed by atoms with Gasteiger partial charge in [-0.3, -0.25) is 14.8 Å². The first kappa shape index (κ1) is 33.4. The number of anilines is 1. The molecule has 0 radical (unpaired) electrons. The number of hydrogen-bond donors (Lipinski definition) is 4. The maximum absolute atomic E-state index is 13.4. The summed E-state index contributed by atoms with van der Waals surface area (Å²) in [5.74, 6) is -2.03. The third-order valence-electron chi connectivity index (χ3n) is 6.43. The van der Waals surface area contributed by atoms with Gasteiger partial charge in [-0.1, -0.05) is 40.5 Å². The first-order valence-corrected chi connectivity index (χ1v) is 13.0. The molecule has 236 valence electrons. The normalized spacial score (nSPS) is 14.7. The average Bonchev–Trinajstić information content (AvgIpc) is 3.58. The molecule has 3 rings (SSSR count). The SMILES string of the molecule is CCCC[C@@H]([C@H](O)C(=O)Nc1ccn[nH]1)N(C(=O)O)C(c1nnc(-c2cc(C(F)(F)F)cc(C(F)(F)F)c2)o1)C(C)(C)C. The number of unbranched alkanes of at least 4 members (excludes halogenated alkanes) is 1. The lowest BCUT2D eigenvalue weighted by molar-refractivity contribution is -0.143. The molecule has 17 heteroatoms. The molecule has 2 amide bonds. The Bertz CT molecular complexity index is 1370. The van der Waals surface area contributed by atoms with Gasteiger partial charge in [-0.05, 0) is 30.0 Å². The second-order valence-electron chi connectivity index (χ2n) is 10.8. The molecule has 3 aromatic rings. The lowest BCUT2D eigenvalue weighted by atomic mass is 9.83. The number of amides is 2. The Labute approximate surface area is 241 Å². The highest BCUT2D eigenvalue weighted by molar-refractivity contribution is 5.94. The van der Waals surface area contributed by atoms with Crippen LogP contribution in [0.3, 0.4) is 0 Å². The number of carbonyl (C=O) groups excluding carboxylic acids is 1. The van der Waals surface area contributed by atoms with Crippen molar-refractivity contribution in [3.8, 4) is 11.5 Å². The predicted molar refractivity (Wildman–Crippen MR) is 138 cm³/mol. The van der Waals surface area contributed by atoms with E-state index in [0.29, 0.717) is 25.0 Å². The minimum absolute atomic E-state index is 0.00346. The molecule has 1 unspecified atom stereocenters. The molecule has 2 aromatic heterocycles. The Balaban J connectivity index is 2.11. The summed E-state index contributed by atoms with van der Waals surface area (Å²) in [7, 11) is 0. The van der Waals surface area contributed by atoms with E-state index >= 15 is 0 Å². The van der Waals surface area contributed by atoms with Gasteiger partial charge in [0, 0.05) is 11.6 Å². The fourth-order valence-corrected chi connectivity index (χ4v) is 4.46. The lowest BCUT2D eigenvalue weighted by Crippen LogP contribution is -2.54. The van der Waals surface area contributed by atoms with Crippen molar-refractivity contribution in [2.45, 2.75) is 77.5 Å². The molecule has 1 aromatic carbocycles. The number of alkyl halides is 6. The van der Waals surface area contributed by atoms with Crippen molar-refractivity contribution in [3.05, 3.63) is 47.5 Å². The summed E-state index contributed by atoms with van der Waals surface area (Å²) in [6, 6.07) is -0.640. The zero-order chi connectivity index (χ0) is 32.3. The highest BCUT2D eigenvalue weighted by Gasteiger charge is 2.46. The van der Waals surface area contributed by atoms with Gasteiger partial charge in [0.15, 0.2) is 6.10 Å². The van der Waals surface area contributed by atoms with Gasteiger partial charge in [0.2, 0.25) is 11.8 Å². The third kappa shape index (κ3) is 8.03. The second kappa shape index (κ2) is 12.6. The van der Waals surface area contributed by atoms with E-state index in [1.54, 1.807) is 27.7 Å². The maximum atomic E-state index is 13.4. The average molecular weight is 621 g/mol. The molecule has 0 aliphatic heterocycles. The lowest BCUT2D eigenvalue weighted by Gasteiger charge is -2.42. The number of aliphatic hydroxyl groups is 1. The van der Waals surface area contributed by atoms with Crippen molar-refractivity contribution >= 4 is 17.8 Å². The molecular formula is C26H30F6N6O5. The summed E-state index contributed by atoms with van der Waals surface area (Å²) in [6.45, 7) is 6.50. The molecule has 3 atom stereocenters. The first-order chi connectivity index (χ1) is 19.8. The Hall–Kier alpha value is -4.15. The number of benzene rings is 1. The number of halogens is 6. The number of nitrogens with zero attached hydrogens (tertiary/aromatic N) is 4. The van der Waals surface area contributed by atoms with Crippen LogP contribution in [-0.2, 0) is 17.1 Å². The number of H-pyrrole nitrogens is 1. The van der Waals surface area contributed by atoms with E-state index in [0.717, 1.165) is 4.90 Å². The van der Waals surface area contributed by atoms with Gasteiger partial charge in [-0.25, -0.2) is 4.79 Å². The van der Waals surface area contributed by atoms with E-state index in [4.69, 9.17) is 4.42 Å². The summed E-state index contributed by atoms with van der Waals surface area (Å²) in [4.78, 5) is 26.4. The highest BCUT2D eigenvalue weighted by atomic mass is 19.4. The second-order valence-corrected chi connectivity index (χ2v) is 10.8. The van der Waals surface area contributed by atoms with Crippen LogP contribution in [0.4, 0.5) is 37.0 Å². The van der Waals surface area contributed by atoms with Gasteiger partial charge in [0.05, 0.1) is 23.4 Å². The summed E-state index contributed by atoms with van der Waals surface area (Å²) in [5.41, 5.74) is -5.01. The van der Waals surface area contributed by atoms with Crippen molar-refractivity contribution in [1.82, 2.24) is 25.3 Å². The molecule has 0 aliphatic rings. The Morgan fingerprint density at radius 3 is 2.12 bits per heavy atom. The zero-order valence-electron chi connectivity index (χ0n) is 23.4. The van der Waals surface area contributed by atoms with Gasteiger partial charge in [-0.2, -0.15) is 31.4 Å². The Kier molecular flexibility index (Phi) is 9.78. The molecule has 2 heterocycles. The van der Waals surface area contributed by atoms with E-state index in [-0.39, 0.29) is 18.3 Å². The van der Waals surface area contributed by atoms with Crippen molar-refractivity contribution in [1.29, 1.82) is 0 Å². The van der Waals surface area contributed by atoms with E-state index in [1.807, 2.05) is 0 Å². The summed E-state index contributed by atoms with van der Waals surface area (Å²) < 4.78 is 86.1. The number of carboxylic acid groups (broad SMARTS) is 1.